The van der Waals surface area contributed by atoms with Crippen LogP contribution in [0.25, 0.3) is 11.4 Å². The molecule has 0 radical (unpaired) electrons. The van der Waals surface area contributed by atoms with E-state index in [2.05, 4.69) is 19.9 Å². The van der Waals surface area contributed by atoms with Crippen LogP contribution < -0.4 is 4.74 Å². The lowest BCUT2D eigenvalue weighted by atomic mass is 10.2. The Morgan fingerprint density at radius 1 is 1.27 bits per heavy atom. The number of nitrogens with zero attached hydrogens (tertiary/aromatic N) is 2. The number of esters is 1. The molecule has 3 aromatic rings. The number of methoxy groups -OCH3 is 1. The van der Waals surface area contributed by atoms with Gasteiger partial charge in [-0.3, -0.25) is 5.10 Å². The Hall–Kier alpha value is -2.74. The van der Waals surface area contributed by atoms with Crippen LogP contribution in [0, 0.1) is 0 Å². The molecule has 0 aliphatic heterocycles. The number of furan rings is 1. The first-order chi connectivity index (χ1) is 12.6. The van der Waals surface area contributed by atoms with Crippen LogP contribution in [0.4, 0.5) is 0 Å². The third kappa shape index (κ3) is 4.26. The van der Waals surface area contributed by atoms with Crippen molar-refractivity contribution in [2.75, 3.05) is 7.11 Å². The Kier molecular flexibility index (Phi) is 5.62. The van der Waals surface area contributed by atoms with Crippen molar-refractivity contribution in [1.29, 1.82) is 0 Å². The lowest BCUT2D eigenvalue weighted by Gasteiger charge is -2.12. The maximum absolute atomic E-state index is 11.4. The second-order valence-electron chi connectivity index (χ2n) is 5.68. The average Bonchev–Trinajstić information content (AvgIpc) is 3.29. The topological polar surface area (TPSA) is 90.2 Å². The third-order valence-electron chi connectivity index (χ3n) is 3.36. The van der Waals surface area contributed by atoms with Gasteiger partial charge in [-0.05, 0) is 38.1 Å². The predicted molar refractivity (Wildman–Crippen MR) is 97.2 cm³/mol. The van der Waals surface area contributed by atoms with Crippen LogP contribution in [0.15, 0.2) is 46.0 Å². The fraction of sp³-hybridized carbons (Fsp3) is 0.278. The Bertz CT molecular complexity index is 888. The smallest absolute Gasteiger partial charge is 0.373 e. The standard InChI is InChI=1S/C18H19N3O4S/c1-11(2)24-14-7-5-4-6-13(14)16-19-18(21-20-16)26-10-12-8-9-15(25-12)17(22)23-3/h4-9,11H,10H2,1-3H3,(H,19,20,21). The number of ether oxygens (including phenoxy) is 2. The summed E-state index contributed by atoms with van der Waals surface area (Å²) in [7, 11) is 1.31. The van der Waals surface area contributed by atoms with E-state index >= 15 is 0 Å². The van der Waals surface area contributed by atoms with Gasteiger partial charge in [0.1, 0.15) is 11.5 Å². The highest BCUT2D eigenvalue weighted by Gasteiger charge is 2.14. The number of hydrogen-bond donors (Lipinski definition) is 1. The van der Waals surface area contributed by atoms with E-state index in [0.717, 1.165) is 11.3 Å². The third-order valence-corrected chi connectivity index (χ3v) is 4.23. The van der Waals surface area contributed by atoms with Crippen LogP contribution in [-0.4, -0.2) is 34.4 Å². The molecule has 0 atom stereocenters. The molecule has 0 spiro atoms. The molecule has 136 valence electrons. The van der Waals surface area contributed by atoms with Crippen LogP contribution in [0.3, 0.4) is 0 Å². The minimum absolute atomic E-state index is 0.0656. The molecule has 2 aromatic heterocycles. The Labute approximate surface area is 155 Å². The molecule has 0 amide bonds. The zero-order valence-electron chi connectivity index (χ0n) is 14.7. The fourth-order valence-corrected chi connectivity index (χ4v) is 2.94. The second-order valence-corrected chi connectivity index (χ2v) is 6.62. The molecule has 0 aliphatic carbocycles. The Morgan fingerprint density at radius 3 is 2.85 bits per heavy atom. The van der Waals surface area contributed by atoms with Gasteiger partial charge in [0.2, 0.25) is 10.9 Å². The van der Waals surface area contributed by atoms with E-state index in [1.54, 1.807) is 12.1 Å². The average molecular weight is 373 g/mol. The molecule has 1 aromatic carbocycles. The van der Waals surface area contributed by atoms with Crippen molar-refractivity contribution in [3.05, 3.63) is 47.9 Å². The van der Waals surface area contributed by atoms with E-state index in [1.165, 1.54) is 18.9 Å². The molecule has 0 fully saturated rings. The highest BCUT2D eigenvalue weighted by Crippen LogP contribution is 2.30. The number of carbonyl (C=O) groups is 1. The zero-order chi connectivity index (χ0) is 18.5. The first kappa shape index (κ1) is 18.1. The van der Waals surface area contributed by atoms with Crippen LogP contribution in [0.1, 0.15) is 30.2 Å². The van der Waals surface area contributed by atoms with Gasteiger partial charge in [0.05, 0.1) is 24.5 Å². The van der Waals surface area contributed by atoms with Crippen LogP contribution in [-0.2, 0) is 10.5 Å². The van der Waals surface area contributed by atoms with Crippen molar-refractivity contribution >= 4 is 17.7 Å². The molecule has 26 heavy (non-hydrogen) atoms. The van der Waals surface area contributed by atoms with Gasteiger partial charge < -0.3 is 13.9 Å². The van der Waals surface area contributed by atoms with Crippen molar-refractivity contribution in [2.45, 2.75) is 30.9 Å². The van der Waals surface area contributed by atoms with Crippen molar-refractivity contribution in [1.82, 2.24) is 15.2 Å². The van der Waals surface area contributed by atoms with Crippen LogP contribution in [0.2, 0.25) is 0 Å². The summed E-state index contributed by atoms with van der Waals surface area (Å²) in [5.41, 5.74) is 0.853. The number of H-pyrrole nitrogens is 1. The van der Waals surface area contributed by atoms with Gasteiger partial charge in [0.25, 0.3) is 0 Å². The summed E-state index contributed by atoms with van der Waals surface area (Å²) >= 11 is 1.40. The van der Waals surface area contributed by atoms with E-state index in [-0.39, 0.29) is 11.9 Å². The molecule has 0 bridgehead atoms. The van der Waals surface area contributed by atoms with Gasteiger partial charge in [-0.2, -0.15) is 0 Å². The van der Waals surface area contributed by atoms with Gasteiger partial charge in [-0.1, -0.05) is 23.9 Å². The highest BCUT2D eigenvalue weighted by molar-refractivity contribution is 7.98. The number of aromatic nitrogens is 3. The number of benzene rings is 1. The molecule has 1 N–H and O–H groups in total. The van der Waals surface area contributed by atoms with E-state index in [9.17, 15) is 4.79 Å². The largest absolute Gasteiger partial charge is 0.490 e. The zero-order valence-corrected chi connectivity index (χ0v) is 15.5. The van der Waals surface area contributed by atoms with Crippen LogP contribution >= 0.6 is 11.8 Å². The first-order valence-electron chi connectivity index (χ1n) is 8.05. The number of carbonyl (C=O) groups excluding carboxylic acids is 1. The summed E-state index contributed by atoms with van der Waals surface area (Å²) in [5, 5.41) is 7.74. The number of hydrogen-bond acceptors (Lipinski definition) is 7. The van der Waals surface area contributed by atoms with Gasteiger partial charge in [0, 0.05) is 0 Å². The van der Waals surface area contributed by atoms with Crippen molar-refractivity contribution in [2.24, 2.45) is 0 Å². The van der Waals surface area contributed by atoms with Gasteiger partial charge >= 0.3 is 5.97 Å². The number of para-hydroxylation sites is 1. The number of thioether (sulfide) groups is 1. The SMILES string of the molecule is COC(=O)c1ccc(CSc2n[nH]c(-c3ccccc3OC(C)C)n2)o1. The molecule has 3 rings (SSSR count). The van der Waals surface area contributed by atoms with E-state index in [0.29, 0.717) is 22.5 Å². The molecular formula is C18H19N3O4S. The summed E-state index contributed by atoms with van der Waals surface area (Å²) in [6.45, 7) is 3.95. The number of nitrogens with one attached hydrogen (secondary N) is 1. The maximum atomic E-state index is 11.4. The first-order valence-corrected chi connectivity index (χ1v) is 9.03. The molecule has 0 unspecified atom stereocenters. The molecular weight excluding hydrogens is 354 g/mol. The van der Waals surface area contributed by atoms with E-state index < -0.39 is 5.97 Å². The summed E-state index contributed by atoms with van der Waals surface area (Å²) in [6, 6.07) is 11.0. The Morgan fingerprint density at radius 2 is 2.08 bits per heavy atom. The minimum atomic E-state index is -0.497. The summed E-state index contributed by atoms with van der Waals surface area (Å²) < 4.78 is 15.9. The number of rotatable bonds is 7. The second kappa shape index (κ2) is 8.09. The summed E-state index contributed by atoms with van der Waals surface area (Å²) in [5.74, 6) is 2.22. The van der Waals surface area contributed by atoms with E-state index in [4.69, 9.17) is 9.15 Å². The quantitative estimate of drug-likeness (QED) is 0.495. The highest BCUT2D eigenvalue weighted by atomic mass is 32.2. The fourth-order valence-electron chi connectivity index (χ4n) is 2.25. The summed E-state index contributed by atoms with van der Waals surface area (Å²) in [6.07, 6.45) is 0.0656. The molecule has 2 heterocycles. The monoisotopic (exact) mass is 373 g/mol. The normalized spacial score (nSPS) is 10.9. The van der Waals surface area contributed by atoms with Crippen molar-refractivity contribution in [3.63, 3.8) is 0 Å². The Balaban J connectivity index is 1.69. The lowest BCUT2D eigenvalue weighted by molar-refractivity contribution is 0.0563. The van der Waals surface area contributed by atoms with Crippen molar-refractivity contribution in [3.8, 4) is 17.1 Å². The lowest BCUT2D eigenvalue weighted by Crippen LogP contribution is -2.06. The minimum Gasteiger partial charge on any atom is -0.490 e. The number of aromatic amines is 1. The van der Waals surface area contributed by atoms with E-state index in [1.807, 2.05) is 38.1 Å². The summed E-state index contributed by atoms with van der Waals surface area (Å²) in [4.78, 5) is 15.9. The molecule has 8 heteroatoms. The molecule has 0 saturated heterocycles. The molecule has 0 aliphatic rings. The maximum Gasteiger partial charge on any atom is 0.373 e. The van der Waals surface area contributed by atoms with Gasteiger partial charge in [-0.15, -0.1) is 5.10 Å². The van der Waals surface area contributed by atoms with Crippen molar-refractivity contribution < 1.29 is 18.7 Å². The van der Waals surface area contributed by atoms with Gasteiger partial charge in [-0.25, -0.2) is 9.78 Å². The molecule has 0 saturated carbocycles. The molecule has 7 nitrogen and oxygen atoms in total. The van der Waals surface area contributed by atoms with Gasteiger partial charge in [0.15, 0.2) is 5.82 Å². The van der Waals surface area contributed by atoms with Crippen LogP contribution in [0.5, 0.6) is 5.75 Å². The predicted octanol–water partition coefficient (Wildman–Crippen LogP) is 3.93.